The van der Waals surface area contributed by atoms with Crippen LogP contribution in [0.3, 0.4) is 0 Å². The van der Waals surface area contributed by atoms with Crippen LogP contribution < -0.4 is 0 Å². The molecule has 0 aliphatic carbocycles. The zero-order valence-corrected chi connectivity index (χ0v) is 15.1. The van der Waals surface area contributed by atoms with Crippen molar-refractivity contribution in [3.8, 4) is 0 Å². The average molecular weight is 339 g/mol. The van der Waals surface area contributed by atoms with Crippen LogP contribution in [0.15, 0.2) is 12.7 Å². The zero-order valence-electron chi connectivity index (χ0n) is 15.1. The molecule has 0 aromatic rings. The molecule has 1 fully saturated rings. The maximum absolute atomic E-state index is 12.1. The molecule has 138 valence electrons. The summed E-state index contributed by atoms with van der Waals surface area (Å²) in [4.78, 5) is 25.4. The topological polar surface area (TPSA) is 55.8 Å². The molecule has 24 heavy (non-hydrogen) atoms. The van der Waals surface area contributed by atoms with Crippen LogP contribution in [0, 0.1) is 0 Å². The fourth-order valence-electron chi connectivity index (χ4n) is 2.98. The Morgan fingerprint density at radius 1 is 1.08 bits per heavy atom. The predicted octanol–water partition coefficient (Wildman–Crippen LogP) is 4.46. The highest BCUT2D eigenvalue weighted by Crippen LogP contribution is 2.19. The largest absolute Gasteiger partial charge is 0.464 e. The smallest absolute Gasteiger partial charge is 0.410 e. The third-order valence-corrected chi connectivity index (χ3v) is 4.32. The summed E-state index contributed by atoms with van der Waals surface area (Å²) in [5, 5.41) is 0. The van der Waals surface area contributed by atoms with E-state index in [-0.39, 0.29) is 5.97 Å². The first-order valence-corrected chi connectivity index (χ1v) is 9.41. The van der Waals surface area contributed by atoms with Crippen LogP contribution in [0.25, 0.3) is 0 Å². The SMILES string of the molecule is C=CCCCCCCCCCOC(=O)C1CCCN1C(=O)OCC. The van der Waals surface area contributed by atoms with Crippen molar-refractivity contribution in [3.63, 3.8) is 0 Å². The lowest BCUT2D eigenvalue weighted by Crippen LogP contribution is -2.41. The Kier molecular flexibility index (Phi) is 11.0. The summed E-state index contributed by atoms with van der Waals surface area (Å²) in [6, 6.07) is -0.464. The van der Waals surface area contributed by atoms with Crippen molar-refractivity contribution < 1.29 is 19.1 Å². The Balaban J connectivity index is 2.07. The molecule has 1 rings (SSSR count). The summed E-state index contributed by atoms with van der Waals surface area (Å²) < 4.78 is 10.3. The van der Waals surface area contributed by atoms with Crippen LogP contribution >= 0.6 is 0 Å². The summed E-state index contributed by atoms with van der Waals surface area (Å²) in [6.45, 7) is 6.83. The molecular weight excluding hydrogens is 306 g/mol. The van der Waals surface area contributed by atoms with E-state index >= 15 is 0 Å². The number of unbranched alkanes of at least 4 members (excludes halogenated alkanes) is 7. The van der Waals surface area contributed by atoms with Gasteiger partial charge in [0.05, 0.1) is 13.2 Å². The highest BCUT2D eigenvalue weighted by atomic mass is 16.6. The van der Waals surface area contributed by atoms with Gasteiger partial charge < -0.3 is 9.47 Å². The van der Waals surface area contributed by atoms with Gasteiger partial charge >= 0.3 is 12.1 Å². The molecule has 1 aliphatic heterocycles. The summed E-state index contributed by atoms with van der Waals surface area (Å²) >= 11 is 0. The molecule has 0 aromatic heterocycles. The minimum Gasteiger partial charge on any atom is -0.464 e. The molecule has 1 unspecified atom stereocenters. The van der Waals surface area contributed by atoms with Crippen LogP contribution in [0.2, 0.25) is 0 Å². The Morgan fingerprint density at radius 3 is 2.42 bits per heavy atom. The minimum absolute atomic E-state index is 0.287. The van der Waals surface area contributed by atoms with Crippen LogP contribution in [0.5, 0.6) is 0 Å². The van der Waals surface area contributed by atoms with Crippen molar-refractivity contribution in [1.82, 2.24) is 4.90 Å². The van der Waals surface area contributed by atoms with Gasteiger partial charge in [0, 0.05) is 6.54 Å². The molecule has 0 aromatic carbocycles. The standard InChI is InChI=1S/C19H33NO4/c1-3-5-6-7-8-9-10-11-12-16-24-18(21)17-14-13-15-20(17)19(22)23-4-2/h3,17H,1,4-16H2,2H3. The van der Waals surface area contributed by atoms with Gasteiger partial charge in [0.25, 0.3) is 0 Å². The van der Waals surface area contributed by atoms with Gasteiger partial charge in [0.1, 0.15) is 6.04 Å². The molecule has 1 amide bonds. The van der Waals surface area contributed by atoms with Crippen molar-refractivity contribution in [1.29, 1.82) is 0 Å². The van der Waals surface area contributed by atoms with Crippen LogP contribution in [0.1, 0.15) is 71.1 Å². The predicted molar refractivity (Wildman–Crippen MR) is 94.8 cm³/mol. The van der Waals surface area contributed by atoms with Crippen LogP contribution in [-0.4, -0.2) is 42.8 Å². The van der Waals surface area contributed by atoms with Crippen molar-refractivity contribution in [2.75, 3.05) is 19.8 Å². The van der Waals surface area contributed by atoms with E-state index in [4.69, 9.17) is 9.47 Å². The lowest BCUT2D eigenvalue weighted by Gasteiger charge is -2.22. The Labute approximate surface area is 146 Å². The number of ether oxygens (including phenoxy) is 2. The molecule has 0 radical (unpaired) electrons. The summed E-state index contributed by atoms with van der Waals surface area (Å²) in [5.74, 6) is -0.287. The lowest BCUT2D eigenvalue weighted by molar-refractivity contribution is -0.148. The highest BCUT2D eigenvalue weighted by molar-refractivity contribution is 5.82. The molecule has 0 saturated carbocycles. The quantitative estimate of drug-likeness (QED) is 0.299. The van der Waals surface area contributed by atoms with Crippen molar-refractivity contribution in [2.45, 2.75) is 77.2 Å². The molecule has 0 spiro atoms. The van der Waals surface area contributed by atoms with Gasteiger partial charge in [-0.3, -0.25) is 4.90 Å². The summed E-state index contributed by atoms with van der Waals surface area (Å²) in [6.07, 6.45) is 12.3. The van der Waals surface area contributed by atoms with Crippen molar-refractivity contribution in [3.05, 3.63) is 12.7 Å². The molecule has 0 N–H and O–H groups in total. The van der Waals surface area contributed by atoms with Gasteiger partial charge in [0.15, 0.2) is 0 Å². The molecule has 5 heteroatoms. The first kappa shape index (κ1) is 20.5. The Bertz CT molecular complexity index is 384. The Morgan fingerprint density at radius 2 is 1.75 bits per heavy atom. The Hall–Kier alpha value is -1.52. The maximum Gasteiger partial charge on any atom is 0.410 e. The second-order valence-electron chi connectivity index (χ2n) is 6.27. The number of amides is 1. The zero-order chi connectivity index (χ0) is 17.6. The number of hydrogen-bond donors (Lipinski definition) is 0. The van der Waals surface area contributed by atoms with E-state index in [1.165, 1.54) is 37.0 Å². The van der Waals surface area contributed by atoms with Crippen molar-refractivity contribution in [2.24, 2.45) is 0 Å². The highest BCUT2D eigenvalue weighted by Gasteiger charge is 2.35. The van der Waals surface area contributed by atoms with E-state index < -0.39 is 12.1 Å². The summed E-state index contributed by atoms with van der Waals surface area (Å²) in [5.41, 5.74) is 0. The number of rotatable bonds is 12. The van der Waals surface area contributed by atoms with E-state index in [0.29, 0.717) is 26.2 Å². The third-order valence-electron chi connectivity index (χ3n) is 4.32. The number of carbonyl (C=O) groups excluding carboxylic acids is 2. The molecule has 5 nitrogen and oxygen atoms in total. The first-order valence-electron chi connectivity index (χ1n) is 9.41. The van der Waals surface area contributed by atoms with Gasteiger partial charge in [-0.15, -0.1) is 6.58 Å². The van der Waals surface area contributed by atoms with Gasteiger partial charge in [-0.2, -0.15) is 0 Å². The number of carbonyl (C=O) groups is 2. The second kappa shape index (κ2) is 12.8. The molecule has 1 atom stereocenters. The van der Waals surface area contributed by atoms with E-state index in [0.717, 1.165) is 25.7 Å². The number of nitrogens with zero attached hydrogens (tertiary/aromatic N) is 1. The fourth-order valence-corrected chi connectivity index (χ4v) is 2.98. The van der Waals surface area contributed by atoms with E-state index in [9.17, 15) is 9.59 Å². The number of hydrogen-bond acceptors (Lipinski definition) is 4. The summed E-state index contributed by atoms with van der Waals surface area (Å²) in [7, 11) is 0. The molecule has 1 aliphatic rings. The van der Waals surface area contributed by atoms with Gasteiger partial charge in [-0.25, -0.2) is 9.59 Å². The second-order valence-corrected chi connectivity index (χ2v) is 6.27. The van der Waals surface area contributed by atoms with E-state index in [1.54, 1.807) is 6.92 Å². The third kappa shape index (κ3) is 7.84. The van der Waals surface area contributed by atoms with Gasteiger partial charge in [-0.1, -0.05) is 38.2 Å². The molecule has 1 saturated heterocycles. The van der Waals surface area contributed by atoms with Gasteiger partial charge in [-0.05, 0) is 39.0 Å². The number of esters is 1. The maximum atomic E-state index is 12.1. The van der Waals surface area contributed by atoms with Gasteiger partial charge in [0.2, 0.25) is 0 Å². The van der Waals surface area contributed by atoms with E-state index in [2.05, 4.69) is 6.58 Å². The average Bonchev–Trinajstić information content (AvgIpc) is 3.06. The van der Waals surface area contributed by atoms with Crippen LogP contribution in [-0.2, 0) is 14.3 Å². The first-order chi connectivity index (χ1) is 11.7. The molecule has 0 bridgehead atoms. The van der Waals surface area contributed by atoms with E-state index in [1.807, 2.05) is 6.08 Å². The molecule has 1 heterocycles. The lowest BCUT2D eigenvalue weighted by atomic mass is 10.1. The van der Waals surface area contributed by atoms with Crippen LogP contribution in [0.4, 0.5) is 4.79 Å². The van der Waals surface area contributed by atoms with Crippen molar-refractivity contribution >= 4 is 12.1 Å². The molecular formula is C19H33NO4. The monoisotopic (exact) mass is 339 g/mol. The minimum atomic E-state index is -0.464. The number of likely N-dealkylation sites (tertiary alicyclic amines) is 1. The number of allylic oxidation sites excluding steroid dienone is 1. The normalized spacial score (nSPS) is 16.9. The fraction of sp³-hybridized carbons (Fsp3) is 0.789.